The van der Waals surface area contributed by atoms with Crippen molar-refractivity contribution in [2.45, 2.75) is 38.1 Å². The van der Waals surface area contributed by atoms with Gasteiger partial charge in [-0.2, -0.15) is 0 Å². The predicted octanol–water partition coefficient (Wildman–Crippen LogP) is 4.07. The van der Waals surface area contributed by atoms with E-state index in [1.54, 1.807) is 0 Å². The van der Waals surface area contributed by atoms with Gasteiger partial charge >= 0.3 is 6.03 Å². The topological polar surface area (TPSA) is 61.4 Å². The van der Waals surface area contributed by atoms with Crippen molar-refractivity contribution in [1.29, 1.82) is 0 Å². The first-order valence-electron chi connectivity index (χ1n) is 10.2. The molecule has 2 aromatic rings. The van der Waals surface area contributed by atoms with Crippen LogP contribution in [0.1, 0.15) is 41.6 Å². The number of piperidine rings is 1. The summed E-state index contributed by atoms with van der Waals surface area (Å²) in [5, 5.41) is 5.98. The fourth-order valence-corrected chi connectivity index (χ4v) is 3.69. The Hall–Kier alpha value is -2.82. The van der Waals surface area contributed by atoms with Crippen molar-refractivity contribution in [3.63, 3.8) is 0 Å². The number of carbonyl (C=O) groups is 2. The molecule has 2 aliphatic rings. The molecule has 0 aromatic heterocycles. The highest BCUT2D eigenvalue weighted by Gasteiger charge is 2.24. The van der Waals surface area contributed by atoms with Crippen LogP contribution in [0.5, 0.6) is 0 Å². The Bertz CT molecular complexity index is 808. The van der Waals surface area contributed by atoms with E-state index < -0.39 is 0 Å². The molecule has 146 valence electrons. The van der Waals surface area contributed by atoms with Crippen molar-refractivity contribution in [3.05, 3.63) is 65.7 Å². The fourth-order valence-electron chi connectivity index (χ4n) is 3.69. The summed E-state index contributed by atoms with van der Waals surface area (Å²) < 4.78 is 0. The number of urea groups is 1. The summed E-state index contributed by atoms with van der Waals surface area (Å²) >= 11 is 0. The van der Waals surface area contributed by atoms with Crippen LogP contribution in [0.15, 0.2) is 54.6 Å². The number of anilines is 1. The molecule has 4 rings (SSSR count). The summed E-state index contributed by atoms with van der Waals surface area (Å²) in [7, 11) is 0. The first kappa shape index (κ1) is 18.5. The largest absolute Gasteiger partial charge is 0.349 e. The van der Waals surface area contributed by atoms with Gasteiger partial charge in [-0.1, -0.05) is 30.3 Å². The lowest BCUT2D eigenvalue weighted by atomic mass is 9.90. The molecule has 0 unspecified atom stereocenters. The van der Waals surface area contributed by atoms with Gasteiger partial charge < -0.3 is 15.5 Å². The maximum absolute atomic E-state index is 12.4. The minimum atomic E-state index is -0.0179. The first-order valence-corrected chi connectivity index (χ1v) is 10.2. The Balaban J connectivity index is 1.23. The van der Waals surface area contributed by atoms with Gasteiger partial charge in [0.05, 0.1) is 0 Å². The van der Waals surface area contributed by atoms with E-state index in [1.807, 2.05) is 47.4 Å². The Morgan fingerprint density at radius 1 is 0.893 bits per heavy atom. The zero-order valence-electron chi connectivity index (χ0n) is 16.1. The molecule has 1 saturated heterocycles. The molecule has 0 spiro atoms. The predicted molar refractivity (Wildman–Crippen MR) is 110 cm³/mol. The third kappa shape index (κ3) is 4.91. The number of benzene rings is 2. The molecule has 1 saturated carbocycles. The van der Waals surface area contributed by atoms with Crippen molar-refractivity contribution in [2.24, 2.45) is 5.92 Å². The van der Waals surface area contributed by atoms with Gasteiger partial charge in [-0.15, -0.1) is 0 Å². The minimum absolute atomic E-state index is 0.0179. The molecule has 1 heterocycles. The highest BCUT2D eigenvalue weighted by atomic mass is 16.2. The summed E-state index contributed by atoms with van der Waals surface area (Å²) in [6, 6.07) is 17.9. The molecule has 5 nitrogen and oxygen atoms in total. The highest BCUT2D eigenvalue weighted by molar-refractivity contribution is 5.94. The van der Waals surface area contributed by atoms with Gasteiger partial charge in [0.1, 0.15) is 0 Å². The smallest absolute Gasteiger partial charge is 0.321 e. The molecular weight excluding hydrogens is 350 g/mol. The lowest BCUT2D eigenvalue weighted by Gasteiger charge is -2.32. The number of carbonyl (C=O) groups excluding carboxylic acids is 2. The monoisotopic (exact) mass is 377 g/mol. The average Bonchev–Trinajstić information content (AvgIpc) is 3.54. The van der Waals surface area contributed by atoms with Gasteiger partial charge in [-0.05, 0) is 67.9 Å². The van der Waals surface area contributed by atoms with Crippen molar-refractivity contribution in [3.8, 4) is 0 Å². The molecule has 1 aliphatic carbocycles. The molecule has 1 aliphatic heterocycles. The zero-order valence-corrected chi connectivity index (χ0v) is 16.1. The Morgan fingerprint density at radius 2 is 1.57 bits per heavy atom. The van der Waals surface area contributed by atoms with Crippen molar-refractivity contribution >= 4 is 17.6 Å². The molecule has 2 N–H and O–H groups in total. The van der Waals surface area contributed by atoms with E-state index in [1.165, 1.54) is 5.56 Å². The van der Waals surface area contributed by atoms with E-state index in [0.29, 0.717) is 12.0 Å². The van der Waals surface area contributed by atoms with E-state index in [-0.39, 0.29) is 11.9 Å². The molecule has 0 atom stereocenters. The summed E-state index contributed by atoms with van der Waals surface area (Å²) in [6.45, 7) is 1.57. The molecule has 2 aromatic carbocycles. The van der Waals surface area contributed by atoms with E-state index in [0.717, 1.165) is 56.4 Å². The summed E-state index contributed by atoms with van der Waals surface area (Å²) in [4.78, 5) is 26.4. The van der Waals surface area contributed by atoms with E-state index in [2.05, 4.69) is 22.8 Å². The van der Waals surface area contributed by atoms with Crippen molar-refractivity contribution in [1.82, 2.24) is 10.2 Å². The van der Waals surface area contributed by atoms with Gasteiger partial charge in [-0.3, -0.25) is 4.79 Å². The second kappa shape index (κ2) is 8.46. The minimum Gasteiger partial charge on any atom is -0.349 e. The van der Waals surface area contributed by atoms with Gasteiger partial charge in [0.15, 0.2) is 0 Å². The van der Waals surface area contributed by atoms with Gasteiger partial charge in [0.25, 0.3) is 5.91 Å². The van der Waals surface area contributed by atoms with Crippen LogP contribution in [0.25, 0.3) is 0 Å². The second-order valence-electron chi connectivity index (χ2n) is 7.88. The number of hydrogen-bond acceptors (Lipinski definition) is 2. The number of nitrogens with zero attached hydrogens (tertiary/aromatic N) is 1. The fraction of sp³-hybridized carbons (Fsp3) is 0.391. The van der Waals surface area contributed by atoms with Crippen molar-refractivity contribution < 1.29 is 9.59 Å². The van der Waals surface area contributed by atoms with Crippen LogP contribution in [0, 0.1) is 5.92 Å². The summed E-state index contributed by atoms with van der Waals surface area (Å²) in [5.74, 6) is 0.610. The molecule has 5 heteroatoms. The number of para-hydroxylation sites is 1. The third-order valence-corrected chi connectivity index (χ3v) is 5.58. The normalized spacial score (nSPS) is 17.2. The van der Waals surface area contributed by atoms with Crippen LogP contribution in [0.3, 0.4) is 0 Å². The molecule has 0 radical (unpaired) electrons. The lowest BCUT2D eigenvalue weighted by molar-refractivity contribution is 0.0951. The standard InChI is InChI=1S/C23H27N3O2/c27-22(24-21-10-11-21)19-8-6-17(7-9-19)16-18-12-14-26(15-13-18)23(28)25-20-4-2-1-3-5-20/h1-9,18,21H,10-16H2,(H,24,27)(H,25,28). The molecule has 28 heavy (non-hydrogen) atoms. The van der Waals surface area contributed by atoms with E-state index >= 15 is 0 Å². The maximum atomic E-state index is 12.4. The number of nitrogens with one attached hydrogen (secondary N) is 2. The molecule has 2 fully saturated rings. The number of rotatable bonds is 5. The highest BCUT2D eigenvalue weighted by Crippen LogP contribution is 2.23. The van der Waals surface area contributed by atoms with Crippen LogP contribution in [-0.4, -0.2) is 36.0 Å². The van der Waals surface area contributed by atoms with Gasteiger partial charge in [0.2, 0.25) is 0 Å². The van der Waals surface area contributed by atoms with E-state index in [4.69, 9.17) is 0 Å². The van der Waals surface area contributed by atoms with Crippen LogP contribution >= 0.6 is 0 Å². The van der Waals surface area contributed by atoms with Gasteiger partial charge in [-0.25, -0.2) is 4.79 Å². The van der Waals surface area contributed by atoms with Crippen LogP contribution in [0.4, 0.5) is 10.5 Å². The summed E-state index contributed by atoms with van der Waals surface area (Å²) in [6.07, 6.45) is 5.22. The Kier molecular flexibility index (Phi) is 5.60. The van der Waals surface area contributed by atoms with E-state index in [9.17, 15) is 9.59 Å². The van der Waals surface area contributed by atoms with Gasteiger partial charge in [0, 0.05) is 30.4 Å². The Morgan fingerprint density at radius 3 is 2.21 bits per heavy atom. The first-order chi connectivity index (χ1) is 13.7. The Labute approximate surface area is 166 Å². The third-order valence-electron chi connectivity index (χ3n) is 5.58. The number of likely N-dealkylation sites (tertiary alicyclic amines) is 1. The average molecular weight is 377 g/mol. The number of amides is 3. The van der Waals surface area contributed by atoms with Crippen LogP contribution in [-0.2, 0) is 6.42 Å². The zero-order chi connectivity index (χ0) is 19.3. The number of hydrogen-bond donors (Lipinski definition) is 2. The summed E-state index contributed by atoms with van der Waals surface area (Å²) in [5.41, 5.74) is 2.83. The molecule has 0 bridgehead atoms. The quantitative estimate of drug-likeness (QED) is 0.825. The van der Waals surface area contributed by atoms with Crippen LogP contribution in [0.2, 0.25) is 0 Å². The molecular formula is C23H27N3O2. The second-order valence-corrected chi connectivity index (χ2v) is 7.88. The lowest BCUT2D eigenvalue weighted by Crippen LogP contribution is -2.41. The van der Waals surface area contributed by atoms with Crippen molar-refractivity contribution in [2.75, 3.05) is 18.4 Å². The SMILES string of the molecule is O=C(NC1CC1)c1ccc(CC2CCN(C(=O)Nc3ccccc3)CC2)cc1. The maximum Gasteiger partial charge on any atom is 0.321 e. The van der Waals surface area contributed by atoms with Crippen LogP contribution < -0.4 is 10.6 Å². The molecule has 3 amide bonds.